The van der Waals surface area contributed by atoms with Crippen molar-refractivity contribution in [2.75, 3.05) is 5.73 Å². The third kappa shape index (κ3) is 4.40. The summed E-state index contributed by atoms with van der Waals surface area (Å²) in [6.07, 6.45) is 1.68. The molecule has 0 aliphatic heterocycles. The van der Waals surface area contributed by atoms with Gasteiger partial charge >= 0.3 is 6.18 Å². The lowest BCUT2D eigenvalue weighted by Crippen LogP contribution is -2.07. The zero-order valence-corrected chi connectivity index (χ0v) is 14.8. The van der Waals surface area contributed by atoms with E-state index < -0.39 is 11.7 Å². The number of aromatic nitrogens is 2. The van der Waals surface area contributed by atoms with Crippen molar-refractivity contribution in [3.8, 4) is 0 Å². The lowest BCUT2D eigenvalue weighted by atomic mass is 10.0. The highest BCUT2D eigenvalue weighted by molar-refractivity contribution is 7.80. The number of aryl methyl sites for hydroxylation is 2. The monoisotopic (exact) mass is 377 g/mol. The summed E-state index contributed by atoms with van der Waals surface area (Å²) in [4.78, 5) is 8.15. The molecule has 0 atom stereocenters. The molecular formula is C19H18F3N3S. The van der Waals surface area contributed by atoms with Gasteiger partial charge in [-0.2, -0.15) is 13.2 Å². The molecule has 3 nitrogen and oxygen atoms in total. The molecule has 3 rings (SSSR count). The SMILES string of the molecule is Nc1cc(CCC(=S)CCc2ccnc3[nH]ccc23)cc(C(F)(F)F)c1. The van der Waals surface area contributed by atoms with Gasteiger partial charge in [0.25, 0.3) is 0 Å². The number of nitrogens with two attached hydrogens (primary N) is 1. The van der Waals surface area contributed by atoms with Crippen LogP contribution in [0.15, 0.2) is 42.7 Å². The number of pyridine rings is 1. The van der Waals surface area contributed by atoms with Crippen LogP contribution in [0.1, 0.15) is 29.5 Å². The fourth-order valence-corrected chi connectivity index (χ4v) is 3.15. The summed E-state index contributed by atoms with van der Waals surface area (Å²) in [5.41, 5.74) is 7.55. The van der Waals surface area contributed by atoms with Crippen LogP contribution in [0.2, 0.25) is 0 Å². The van der Waals surface area contributed by atoms with E-state index in [0.29, 0.717) is 24.8 Å². The largest absolute Gasteiger partial charge is 0.416 e. The van der Waals surface area contributed by atoms with Crippen LogP contribution in [0.4, 0.5) is 18.9 Å². The topological polar surface area (TPSA) is 54.7 Å². The van der Waals surface area contributed by atoms with Gasteiger partial charge in [0.15, 0.2) is 0 Å². The summed E-state index contributed by atoms with van der Waals surface area (Å²) in [6.45, 7) is 0. The number of rotatable bonds is 6. The first kappa shape index (κ1) is 18.4. The summed E-state index contributed by atoms with van der Waals surface area (Å²) in [7, 11) is 0. The van der Waals surface area contributed by atoms with Gasteiger partial charge in [0.05, 0.1) is 5.56 Å². The van der Waals surface area contributed by atoms with Crippen LogP contribution < -0.4 is 5.73 Å². The Morgan fingerprint density at radius 2 is 1.88 bits per heavy atom. The summed E-state index contributed by atoms with van der Waals surface area (Å²) in [5.74, 6) is 0. The molecule has 3 aromatic rings. The Morgan fingerprint density at radius 1 is 1.12 bits per heavy atom. The quantitative estimate of drug-likeness (QED) is 0.464. The van der Waals surface area contributed by atoms with Crippen molar-refractivity contribution in [2.24, 2.45) is 0 Å². The van der Waals surface area contributed by atoms with E-state index in [9.17, 15) is 13.2 Å². The van der Waals surface area contributed by atoms with Gasteiger partial charge < -0.3 is 10.7 Å². The molecule has 0 aliphatic rings. The smallest absolute Gasteiger partial charge is 0.399 e. The second kappa shape index (κ2) is 7.45. The number of anilines is 1. The number of aromatic amines is 1. The third-order valence-electron chi connectivity index (χ3n) is 4.26. The number of nitrogen functional groups attached to an aromatic ring is 1. The molecule has 0 radical (unpaired) electrons. The van der Waals surface area contributed by atoms with Gasteiger partial charge in [-0.3, -0.25) is 0 Å². The summed E-state index contributed by atoms with van der Waals surface area (Å²) < 4.78 is 38.6. The average molecular weight is 377 g/mol. The Bertz CT molecular complexity index is 931. The number of thiocarbonyl (C=S) groups is 1. The second-order valence-electron chi connectivity index (χ2n) is 6.21. The van der Waals surface area contributed by atoms with Crippen LogP contribution in [0, 0.1) is 0 Å². The van der Waals surface area contributed by atoms with E-state index in [1.165, 1.54) is 0 Å². The van der Waals surface area contributed by atoms with Crippen LogP contribution in [-0.4, -0.2) is 14.8 Å². The molecular weight excluding hydrogens is 359 g/mol. The van der Waals surface area contributed by atoms with Gasteiger partial charge in [0.2, 0.25) is 0 Å². The van der Waals surface area contributed by atoms with E-state index in [1.807, 2.05) is 18.3 Å². The molecule has 2 heterocycles. The molecule has 0 spiro atoms. The van der Waals surface area contributed by atoms with Crippen LogP contribution in [0.25, 0.3) is 11.0 Å². The number of fused-ring (bicyclic) bond motifs is 1. The lowest BCUT2D eigenvalue weighted by molar-refractivity contribution is -0.137. The molecule has 136 valence electrons. The Morgan fingerprint density at radius 3 is 2.65 bits per heavy atom. The van der Waals surface area contributed by atoms with Gasteiger partial charge in [0.1, 0.15) is 5.65 Å². The van der Waals surface area contributed by atoms with Crippen LogP contribution in [-0.2, 0) is 19.0 Å². The molecule has 1 aromatic carbocycles. The second-order valence-corrected chi connectivity index (χ2v) is 6.79. The number of halogens is 3. The molecule has 3 N–H and O–H groups in total. The Hall–Kier alpha value is -2.41. The Kier molecular flexibility index (Phi) is 5.27. The van der Waals surface area contributed by atoms with Gasteiger partial charge in [-0.05, 0) is 72.0 Å². The predicted octanol–water partition coefficient (Wildman–Crippen LogP) is 5.10. The first-order valence-electron chi connectivity index (χ1n) is 8.22. The van der Waals surface area contributed by atoms with Gasteiger partial charge in [-0.25, -0.2) is 4.98 Å². The minimum Gasteiger partial charge on any atom is -0.399 e. The Balaban J connectivity index is 1.59. The van der Waals surface area contributed by atoms with Crippen LogP contribution >= 0.6 is 12.2 Å². The molecule has 0 saturated carbocycles. The minimum atomic E-state index is -4.39. The molecule has 0 amide bonds. The number of alkyl halides is 3. The van der Waals surface area contributed by atoms with E-state index >= 15 is 0 Å². The number of benzene rings is 1. The van der Waals surface area contributed by atoms with E-state index in [1.54, 1.807) is 12.3 Å². The highest BCUT2D eigenvalue weighted by Crippen LogP contribution is 2.31. The minimum absolute atomic E-state index is 0.118. The number of H-pyrrole nitrogens is 1. The van der Waals surface area contributed by atoms with Crippen molar-refractivity contribution >= 4 is 33.8 Å². The maximum atomic E-state index is 12.9. The van der Waals surface area contributed by atoms with Gasteiger partial charge in [0, 0.05) is 23.5 Å². The van der Waals surface area contributed by atoms with Crippen LogP contribution in [0.5, 0.6) is 0 Å². The molecule has 0 unspecified atom stereocenters. The number of hydrogen-bond acceptors (Lipinski definition) is 3. The van der Waals surface area contributed by atoms with Crippen LogP contribution in [0.3, 0.4) is 0 Å². The zero-order valence-electron chi connectivity index (χ0n) is 13.9. The number of hydrogen-bond donors (Lipinski definition) is 2. The highest BCUT2D eigenvalue weighted by Gasteiger charge is 2.30. The number of nitrogens with zero attached hydrogens (tertiary/aromatic N) is 1. The van der Waals surface area contributed by atoms with Gasteiger partial charge in [-0.1, -0.05) is 12.2 Å². The van der Waals surface area contributed by atoms with E-state index in [0.717, 1.165) is 40.0 Å². The lowest BCUT2D eigenvalue weighted by Gasteiger charge is -2.11. The highest BCUT2D eigenvalue weighted by atomic mass is 32.1. The van der Waals surface area contributed by atoms with Crippen molar-refractivity contribution in [3.63, 3.8) is 0 Å². The zero-order chi connectivity index (χ0) is 18.7. The summed E-state index contributed by atoms with van der Waals surface area (Å²) >= 11 is 5.42. The van der Waals surface area contributed by atoms with E-state index in [4.69, 9.17) is 18.0 Å². The van der Waals surface area contributed by atoms with Crippen molar-refractivity contribution in [2.45, 2.75) is 31.9 Å². The molecule has 7 heteroatoms. The van der Waals surface area contributed by atoms with Crippen molar-refractivity contribution in [1.29, 1.82) is 0 Å². The van der Waals surface area contributed by atoms with E-state index in [2.05, 4.69) is 9.97 Å². The fraction of sp³-hybridized carbons (Fsp3) is 0.263. The molecule has 0 bridgehead atoms. The van der Waals surface area contributed by atoms with Crippen molar-refractivity contribution < 1.29 is 13.2 Å². The van der Waals surface area contributed by atoms with Crippen molar-refractivity contribution in [3.05, 3.63) is 59.4 Å². The summed E-state index contributed by atoms with van der Waals surface area (Å²) in [5, 5.41) is 1.07. The van der Waals surface area contributed by atoms with Crippen molar-refractivity contribution in [1.82, 2.24) is 9.97 Å². The molecule has 0 fully saturated rings. The Labute approximate surface area is 154 Å². The maximum Gasteiger partial charge on any atom is 0.416 e. The summed E-state index contributed by atoms with van der Waals surface area (Å²) in [6, 6.07) is 7.61. The first-order valence-corrected chi connectivity index (χ1v) is 8.63. The third-order valence-corrected chi connectivity index (χ3v) is 4.67. The average Bonchev–Trinajstić information content (AvgIpc) is 3.06. The normalized spacial score (nSPS) is 11.8. The maximum absolute atomic E-state index is 12.9. The fourth-order valence-electron chi connectivity index (χ4n) is 2.95. The standard InChI is InChI=1S/C19H18F3N3S/c20-19(21,22)14-9-12(10-15(23)11-14)1-3-16(26)4-2-13-5-7-24-18-17(13)6-8-25-18/h5-11H,1-4,23H2,(H,24,25). The molecule has 2 aromatic heterocycles. The van der Waals surface area contributed by atoms with E-state index in [-0.39, 0.29) is 5.69 Å². The molecule has 26 heavy (non-hydrogen) atoms. The number of nitrogens with one attached hydrogen (secondary N) is 1. The van der Waals surface area contributed by atoms with Gasteiger partial charge in [-0.15, -0.1) is 0 Å². The first-order chi connectivity index (χ1) is 12.3. The molecule has 0 aliphatic carbocycles. The predicted molar refractivity (Wildman–Crippen MR) is 101 cm³/mol. The molecule has 0 saturated heterocycles.